The van der Waals surface area contributed by atoms with E-state index in [0.29, 0.717) is 19.5 Å². The van der Waals surface area contributed by atoms with Crippen molar-refractivity contribution in [2.24, 2.45) is 5.92 Å². The van der Waals surface area contributed by atoms with Gasteiger partial charge >= 0.3 is 0 Å². The highest BCUT2D eigenvalue weighted by atomic mass is 16.5. The second-order valence-electron chi connectivity index (χ2n) is 7.28. The number of carbonyl (C=O) groups is 2. The zero-order valence-corrected chi connectivity index (χ0v) is 16.5. The van der Waals surface area contributed by atoms with Crippen LogP contribution in [0.1, 0.15) is 31.4 Å². The Balaban J connectivity index is 1.59. The summed E-state index contributed by atoms with van der Waals surface area (Å²) in [6.07, 6.45) is 2.05. The van der Waals surface area contributed by atoms with Crippen molar-refractivity contribution in [1.29, 1.82) is 0 Å². The van der Waals surface area contributed by atoms with E-state index < -0.39 is 0 Å². The van der Waals surface area contributed by atoms with Gasteiger partial charge in [-0.2, -0.15) is 0 Å². The van der Waals surface area contributed by atoms with E-state index >= 15 is 0 Å². The number of hydrogen-bond acceptors (Lipinski definition) is 4. The fraction of sp³-hybridized carbons (Fsp3) is 0.619. The highest BCUT2D eigenvalue weighted by Crippen LogP contribution is 2.32. The number of morpholine rings is 1. The van der Waals surface area contributed by atoms with Crippen molar-refractivity contribution in [3.63, 3.8) is 0 Å². The molecule has 2 amide bonds. The van der Waals surface area contributed by atoms with Gasteiger partial charge in [0, 0.05) is 44.8 Å². The molecule has 0 radical (unpaired) electrons. The number of hydrogen-bond donors (Lipinski definition) is 1. The summed E-state index contributed by atoms with van der Waals surface area (Å²) in [6, 6.07) is 6.21. The minimum absolute atomic E-state index is 0.00821. The van der Waals surface area contributed by atoms with Crippen LogP contribution in [0.5, 0.6) is 0 Å². The monoisotopic (exact) mass is 373 g/mol. The van der Waals surface area contributed by atoms with Gasteiger partial charge in [0.1, 0.15) is 0 Å². The first kappa shape index (κ1) is 19.8. The second-order valence-corrected chi connectivity index (χ2v) is 7.28. The molecule has 0 aromatic heterocycles. The van der Waals surface area contributed by atoms with Gasteiger partial charge in [-0.3, -0.25) is 14.5 Å². The van der Waals surface area contributed by atoms with Gasteiger partial charge in [0.2, 0.25) is 11.8 Å². The van der Waals surface area contributed by atoms with E-state index in [4.69, 9.17) is 4.74 Å². The van der Waals surface area contributed by atoms with Crippen LogP contribution in [0.25, 0.3) is 0 Å². The van der Waals surface area contributed by atoms with Crippen LogP contribution in [0.4, 0.5) is 5.69 Å². The van der Waals surface area contributed by atoms with Gasteiger partial charge in [0.05, 0.1) is 19.1 Å². The average molecular weight is 373 g/mol. The van der Waals surface area contributed by atoms with Crippen LogP contribution in [0, 0.1) is 5.92 Å². The molecule has 27 heavy (non-hydrogen) atoms. The van der Waals surface area contributed by atoms with Crippen LogP contribution < -0.4 is 10.2 Å². The fourth-order valence-corrected chi connectivity index (χ4v) is 3.97. The lowest BCUT2D eigenvalue weighted by atomic mass is 10.0. The number of amides is 2. The summed E-state index contributed by atoms with van der Waals surface area (Å²) in [4.78, 5) is 29.4. The van der Waals surface area contributed by atoms with Gasteiger partial charge in [-0.15, -0.1) is 0 Å². The molecule has 0 spiro atoms. The average Bonchev–Trinajstić information content (AvgIpc) is 3.09. The van der Waals surface area contributed by atoms with Crippen molar-refractivity contribution in [3.05, 3.63) is 29.3 Å². The topological polar surface area (TPSA) is 61.9 Å². The number of nitrogens with one attached hydrogen (secondary N) is 1. The molecule has 3 rings (SSSR count). The SMILES string of the molecule is CCc1cccc(CC)c1N1CC(C(=O)NCCN2CCOCC2)CC1=O. The Labute approximate surface area is 161 Å². The Morgan fingerprint density at radius 2 is 1.85 bits per heavy atom. The molecular weight excluding hydrogens is 342 g/mol. The van der Waals surface area contributed by atoms with E-state index in [-0.39, 0.29) is 17.7 Å². The fourth-order valence-electron chi connectivity index (χ4n) is 3.97. The van der Waals surface area contributed by atoms with Gasteiger partial charge < -0.3 is 15.0 Å². The lowest BCUT2D eigenvalue weighted by Crippen LogP contribution is -2.42. The molecule has 1 unspecified atom stereocenters. The molecule has 2 heterocycles. The third-order valence-corrected chi connectivity index (χ3v) is 5.56. The maximum Gasteiger partial charge on any atom is 0.227 e. The number of para-hydroxylation sites is 1. The van der Waals surface area contributed by atoms with Crippen LogP contribution >= 0.6 is 0 Å². The van der Waals surface area contributed by atoms with Crippen molar-refractivity contribution >= 4 is 17.5 Å². The number of carbonyl (C=O) groups excluding carboxylic acids is 2. The van der Waals surface area contributed by atoms with Gasteiger partial charge in [-0.05, 0) is 24.0 Å². The molecule has 1 aromatic rings. The largest absolute Gasteiger partial charge is 0.379 e. The molecule has 1 N–H and O–H groups in total. The number of rotatable bonds is 7. The van der Waals surface area contributed by atoms with Crippen LogP contribution in [-0.2, 0) is 27.2 Å². The number of nitrogens with zero attached hydrogens (tertiary/aromatic N) is 2. The standard InChI is InChI=1S/C21H31N3O3/c1-3-16-6-5-7-17(4-2)20(16)24-15-18(14-19(24)25)21(26)22-8-9-23-10-12-27-13-11-23/h5-7,18H,3-4,8-15H2,1-2H3,(H,22,26). The first-order chi connectivity index (χ1) is 13.1. The summed E-state index contributed by atoms with van der Waals surface area (Å²) in [5.74, 6) is -0.220. The maximum absolute atomic E-state index is 12.7. The molecule has 2 fully saturated rings. The summed E-state index contributed by atoms with van der Waals surface area (Å²) in [6.45, 7) is 9.49. The molecule has 2 aliphatic rings. The maximum atomic E-state index is 12.7. The third kappa shape index (κ3) is 4.68. The van der Waals surface area contributed by atoms with E-state index in [1.165, 1.54) is 11.1 Å². The van der Waals surface area contributed by atoms with E-state index in [9.17, 15) is 9.59 Å². The summed E-state index contributed by atoms with van der Waals surface area (Å²) in [7, 11) is 0. The second kappa shape index (κ2) is 9.33. The minimum Gasteiger partial charge on any atom is -0.379 e. The van der Waals surface area contributed by atoms with Crippen molar-refractivity contribution in [2.75, 3.05) is 50.8 Å². The molecule has 2 saturated heterocycles. The molecule has 1 aromatic carbocycles. The van der Waals surface area contributed by atoms with Crippen LogP contribution in [-0.4, -0.2) is 62.7 Å². The molecule has 0 bridgehead atoms. The number of benzene rings is 1. The van der Waals surface area contributed by atoms with E-state index in [1.54, 1.807) is 0 Å². The summed E-state index contributed by atoms with van der Waals surface area (Å²) < 4.78 is 5.34. The van der Waals surface area contributed by atoms with E-state index in [0.717, 1.165) is 51.4 Å². The molecular formula is C21H31N3O3. The van der Waals surface area contributed by atoms with Crippen LogP contribution in [0.3, 0.4) is 0 Å². The number of aryl methyl sites for hydroxylation is 2. The number of ether oxygens (including phenoxy) is 1. The summed E-state index contributed by atoms with van der Waals surface area (Å²) in [5, 5.41) is 3.02. The predicted molar refractivity (Wildman–Crippen MR) is 106 cm³/mol. The Bertz CT molecular complexity index is 648. The molecule has 1 atom stereocenters. The Morgan fingerprint density at radius 1 is 1.19 bits per heavy atom. The predicted octanol–water partition coefficient (Wildman–Crippen LogP) is 1.61. The van der Waals surface area contributed by atoms with Crippen molar-refractivity contribution in [2.45, 2.75) is 33.1 Å². The highest BCUT2D eigenvalue weighted by Gasteiger charge is 2.36. The van der Waals surface area contributed by atoms with Crippen LogP contribution in [0.2, 0.25) is 0 Å². The van der Waals surface area contributed by atoms with Gasteiger partial charge in [-0.25, -0.2) is 0 Å². The minimum atomic E-state index is -0.267. The first-order valence-corrected chi connectivity index (χ1v) is 10.1. The van der Waals surface area contributed by atoms with Gasteiger partial charge in [0.15, 0.2) is 0 Å². The molecule has 0 aliphatic carbocycles. The van der Waals surface area contributed by atoms with Gasteiger partial charge in [0.25, 0.3) is 0 Å². The Hall–Kier alpha value is -1.92. The lowest BCUT2D eigenvalue weighted by Gasteiger charge is -2.26. The normalized spacial score (nSPS) is 20.9. The Morgan fingerprint density at radius 3 is 2.48 bits per heavy atom. The van der Waals surface area contributed by atoms with Crippen LogP contribution in [0.15, 0.2) is 18.2 Å². The van der Waals surface area contributed by atoms with E-state index in [1.807, 2.05) is 4.90 Å². The summed E-state index contributed by atoms with van der Waals surface area (Å²) in [5.41, 5.74) is 3.38. The quantitative estimate of drug-likeness (QED) is 0.789. The molecule has 2 aliphatic heterocycles. The zero-order valence-electron chi connectivity index (χ0n) is 16.5. The van der Waals surface area contributed by atoms with Crippen molar-refractivity contribution in [3.8, 4) is 0 Å². The lowest BCUT2D eigenvalue weighted by molar-refractivity contribution is -0.126. The smallest absolute Gasteiger partial charge is 0.227 e. The van der Waals surface area contributed by atoms with Crippen molar-refractivity contribution in [1.82, 2.24) is 10.2 Å². The Kier molecular flexibility index (Phi) is 6.85. The third-order valence-electron chi connectivity index (χ3n) is 5.56. The van der Waals surface area contributed by atoms with Crippen molar-refractivity contribution < 1.29 is 14.3 Å². The first-order valence-electron chi connectivity index (χ1n) is 10.1. The van der Waals surface area contributed by atoms with Gasteiger partial charge in [-0.1, -0.05) is 32.0 Å². The number of anilines is 1. The molecule has 6 heteroatoms. The molecule has 148 valence electrons. The molecule has 0 saturated carbocycles. The highest BCUT2D eigenvalue weighted by molar-refractivity contribution is 6.01. The molecule has 6 nitrogen and oxygen atoms in total. The summed E-state index contributed by atoms with van der Waals surface area (Å²) >= 11 is 0. The van der Waals surface area contributed by atoms with E-state index in [2.05, 4.69) is 42.3 Å². The zero-order chi connectivity index (χ0) is 19.2.